The summed E-state index contributed by atoms with van der Waals surface area (Å²) >= 11 is 12.1. The van der Waals surface area contributed by atoms with Crippen LogP contribution in [0.25, 0.3) is 0 Å². The van der Waals surface area contributed by atoms with Gasteiger partial charge in [-0.2, -0.15) is 0 Å². The third kappa shape index (κ3) is 3.27. The molecule has 1 nitrogen and oxygen atoms in total. The van der Waals surface area contributed by atoms with Crippen molar-refractivity contribution in [3.05, 3.63) is 69.0 Å². The number of hydrogen-bond donors (Lipinski definition) is 1. The molecular weight excluding hydrogens is 284 g/mol. The van der Waals surface area contributed by atoms with Crippen LogP contribution >= 0.6 is 23.2 Å². The van der Waals surface area contributed by atoms with Gasteiger partial charge in [-0.1, -0.05) is 47.5 Å². The van der Waals surface area contributed by atoms with Crippen LogP contribution in [0.1, 0.15) is 22.7 Å². The molecule has 2 aromatic rings. The molecule has 0 aromatic heterocycles. The number of hydrogen-bond acceptors (Lipinski definition) is 1. The van der Waals surface area contributed by atoms with E-state index in [2.05, 4.69) is 0 Å². The molecule has 0 amide bonds. The highest BCUT2D eigenvalue weighted by atomic mass is 35.5. The number of halogens is 3. The lowest BCUT2D eigenvalue weighted by Crippen LogP contribution is -2.14. The van der Waals surface area contributed by atoms with Crippen LogP contribution in [-0.2, 0) is 6.42 Å². The zero-order valence-corrected chi connectivity index (χ0v) is 12.0. The van der Waals surface area contributed by atoms with Gasteiger partial charge in [0, 0.05) is 6.04 Å². The van der Waals surface area contributed by atoms with E-state index in [0.717, 1.165) is 11.1 Å². The first-order valence-electron chi connectivity index (χ1n) is 5.93. The smallest absolute Gasteiger partial charge is 0.126 e. The minimum Gasteiger partial charge on any atom is -0.324 e. The maximum atomic E-state index is 13.2. The minimum atomic E-state index is -0.240. The van der Waals surface area contributed by atoms with Crippen LogP contribution in [0, 0.1) is 12.7 Å². The molecule has 1 unspecified atom stereocenters. The van der Waals surface area contributed by atoms with Crippen LogP contribution in [0.4, 0.5) is 4.39 Å². The van der Waals surface area contributed by atoms with E-state index >= 15 is 0 Å². The molecule has 2 aromatic carbocycles. The lowest BCUT2D eigenvalue weighted by Gasteiger charge is -2.14. The summed E-state index contributed by atoms with van der Waals surface area (Å²) < 4.78 is 13.2. The molecule has 0 radical (unpaired) electrons. The van der Waals surface area contributed by atoms with E-state index in [1.165, 1.54) is 6.07 Å². The average molecular weight is 298 g/mol. The maximum absolute atomic E-state index is 13.2. The van der Waals surface area contributed by atoms with Gasteiger partial charge in [0.15, 0.2) is 0 Å². The molecule has 0 spiro atoms. The minimum absolute atomic E-state index is 0.225. The Labute approximate surface area is 122 Å². The molecule has 0 saturated carbocycles. The highest BCUT2D eigenvalue weighted by Crippen LogP contribution is 2.28. The van der Waals surface area contributed by atoms with Crippen LogP contribution in [0.15, 0.2) is 36.4 Å². The first-order chi connectivity index (χ1) is 8.99. The summed E-state index contributed by atoms with van der Waals surface area (Å²) in [4.78, 5) is 0. The first kappa shape index (κ1) is 14.3. The van der Waals surface area contributed by atoms with Crippen molar-refractivity contribution in [2.24, 2.45) is 5.73 Å². The van der Waals surface area contributed by atoms with Crippen molar-refractivity contribution in [2.45, 2.75) is 19.4 Å². The maximum Gasteiger partial charge on any atom is 0.126 e. The number of nitrogens with two attached hydrogens (primary N) is 1. The zero-order valence-electron chi connectivity index (χ0n) is 10.5. The Balaban J connectivity index is 2.23. The van der Waals surface area contributed by atoms with Gasteiger partial charge in [0.1, 0.15) is 5.82 Å². The second-order valence-electron chi connectivity index (χ2n) is 4.53. The van der Waals surface area contributed by atoms with Gasteiger partial charge in [0.05, 0.1) is 10.0 Å². The highest BCUT2D eigenvalue weighted by Gasteiger charge is 2.12. The van der Waals surface area contributed by atoms with Gasteiger partial charge >= 0.3 is 0 Å². The molecule has 0 aliphatic carbocycles. The Morgan fingerprint density at radius 3 is 2.63 bits per heavy atom. The van der Waals surface area contributed by atoms with Crippen molar-refractivity contribution in [2.75, 3.05) is 0 Å². The Hall–Kier alpha value is -1.09. The largest absolute Gasteiger partial charge is 0.324 e. The third-order valence-corrected chi connectivity index (χ3v) is 3.94. The Morgan fingerprint density at radius 1 is 1.21 bits per heavy atom. The Morgan fingerprint density at radius 2 is 1.95 bits per heavy atom. The Bertz CT molecular complexity index is 599. The summed E-state index contributed by atoms with van der Waals surface area (Å²) in [6, 6.07) is 10.1. The quantitative estimate of drug-likeness (QED) is 0.874. The van der Waals surface area contributed by atoms with Crippen LogP contribution in [-0.4, -0.2) is 0 Å². The number of benzene rings is 2. The molecule has 2 rings (SSSR count). The van der Waals surface area contributed by atoms with Crippen molar-refractivity contribution < 1.29 is 4.39 Å². The summed E-state index contributed by atoms with van der Waals surface area (Å²) in [7, 11) is 0. The molecule has 0 aliphatic rings. The molecule has 19 heavy (non-hydrogen) atoms. The van der Waals surface area contributed by atoms with Crippen LogP contribution < -0.4 is 5.73 Å². The summed E-state index contributed by atoms with van der Waals surface area (Å²) in [6.07, 6.45) is 0.560. The topological polar surface area (TPSA) is 26.0 Å². The van der Waals surface area contributed by atoms with E-state index in [9.17, 15) is 4.39 Å². The second kappa shape index (κ2) is 5.91. The lowest BCUT2D eigenvalue weighted by atomic mass is 9.98. The second-order valence-corrected chi connectivity index (χ2v) is 5.32. The van der Waals surface area contributed by atoms with Gasteiger partial charge in [0.25, 0.3) is 0 Å². The lowest BCUT2D eigenvalue weighted by molar-refractivity contribution is 0.615. The van der Waals surface area contributed by atoms with E-state index in [0.29, 0.717) is 22.0 Å². The molecule has 0 bridgehead atoms. The van der Waals surface area contributed by atoms with E-state index in [-0.39, 0.29) is 11.9 Å². The SMILES string of the molecule is Cc1cc(C(N)Cc2cccc(Cl)c2Cl)ccc1F. The summed E-state index contributed by atoms with van der Waals surface area (Å²) in [5, 5.41) is 1.04. The number of rotatable bonds is 3. The molecule has 100 valence electrons. The third-order valence-electron chi connectivity index (χ3n) is 3.08. The van der Waals surface area contributed by atoms with Crippen molar-refractivity contribution in [3.63, 3.8) is 0 Å². The zero-order chi connectivity index (χ0) is 14.0. The fraction of sp³-hybridized carbons (Fsp3) is 0.200. The van der Waals surface area contributed by atoms with Crippen molar-refractivity contribution >= 4 is 23.2 Å². The molecule has 2 N–H and O–H groups in total. The monoisotopic (exact) mass is 297 g/mol. The van der Waals surface area contributed by atoms with Gasteiger partial charge < -0.3 is 5.73 Å². The fourth-order valence-corrected chi connectivity index (χ4v) is 2.36. The van der Waals surface area contributed by atoms with Crippen LogP contribution in [0.2, 0.25) is 10.0 Å². The molecular formula is C15H14Cl2FN. The predicted molar refractivity (Wildman–Crippen MR) is 78.2 cm³/mol. The molecule has 0 heterocycles. The standard InChI is InChI=1S/C15H14Cl2FN/c1-9-7-10(5-6-13(9)18)14(19)8-11-3-2-4-12(16)15(11)17/h2-7,14H,8,19H2,1H3. The first-order valence-corrected chi connectivity index (χ1v) is 6.69. The van der Waals surface area contributed by atoms with E-state index in [1.54, 1.807) is 25.1 Å². The molecule has 0 saturated heterocycles. The van der Waals surface area contributed by atoms with E-state index < -0.39 is 0 Å². The molecule has 0 aliphatic heterocycles. The van der Waals surface area contributed by atoms with Gasteiger partial charge in [-0.3, -0.25) is 0 Å². The van der Waals surface area contributed by atoms with Crippen molar-refractivity contribution in [1.29, 1.82) is 0 Å². The summed E-state index contributed by atoms with van der Waals surface area (Å²) in [5.74, 6) is -0.225. The van der Waals surface area contributed by atoms with Gasteiger partial charge in [-0.25, -0.2) is 4.39 Å². The van der Waals surface area contributed by atoms with Gasteiger partial charge in [-0.05, 0) is 42.2 Å². The van der Waals surface area contributed by atoms with E-state index in [4.69, 9.17) is 28.9 Å². The summed E-state index contributed by atoms with van der Waals surface area (Å²) in [5.41, 5.74) is 8.51. The predicted octanol–water partition coefficient (Wildman–Crippen LogP) is 4.68. The van der Waals surface area contributed by atoms with Gasteiger partial charge in [0.2, 0.25) is 0 Å². The van der Waals surface area contributed by atoms with Crippen LogP contribution in [0.3, 0.4) is 0 Å². The Kier molecular flexibility index (Phi) is 4.46. The molecule has 1 atom stereocenters. The highest BCUT2D eigenvalue weighted by molar-refractivity contribution is 6.42. The average Bonchev–Trinajstić information content (AvgIpc) is 2.38. The molecule has 4 heteroatoms. The van der Waals surface area contributed by atoms with Crippen molar-refractivity contribution in [3.8, 4) is 0 Å². The van der Waals surface area contributed by atoms with Crippen LogP contribution in [0.5, 0.6) is 0 Å². The van der Waals surface area contributed by atoms with Gasteiger partial charge in [-0.15, -0.1) is 0 Å². The normalized spacial score (nSPS) is 12.5. The summed E-state index contributed by atoms with van der Waals surface area (Å²) in [6.45, 7) is 1.72. The van der Waals surface area contributed by atoms with E-state index in [1.807, 2.05) is 12.1 Å². The number of aryl methyl sites for hydroxylation is 1. The fourth-order valence-electron chi connectivity index (χ4n) is 1.96. The van der Waals surface area contributed by atoms with Crippen molar-refractivity contribution in [1.82, 2.24) is 0 Å². The molecule has 0 fully saturated rings.